The van der Waals surface area contributed by atoms with Crippen LogP contribution in [0.1, 0.15) is 84.9 Å². The summed E-state index contributed by atoms with van der Waals surface area (Å²) in [4.78, 5) is 50.4. The van der Waals surface area contributed by atoms with E-state index >= 15 is 4.39 Å². The number of alkyl halides is 2. The summed E-state index contributed by atoms with van der Waals surface area (Å²) in [6.45, 7) is 10.4. The largest absolute Gasteiger partial charge is 2.00 e. The van der Waals surface area contributed by atoms with E-state index in [9.17, 15) is 33.3 Å². The van der Waals surface area contributed by atoms with E-state index in [4.69, 9.17) is 69.8 Å². The van der Waals surface area contributed by atoms with Crippen molar-refractivity contribution in [1.82, 2.24) is 49.2 Å². The Balaban J connectivity index is 0.000000236. The Morgan fingerprint density at radius 2 is 1.03 bits per heavy atom. The number of esters is 2. The fourth-order valence-electron chi connectivity index (χ4n) is 11.2. The summed E-state index contributed by atoms with van der Waals surface area (Å²) in [7, 11) is -1.73. The van der Waals surface area contributed by atoms with E-state index in [1.165, 1.54) is 56.3 Å². The number of nitrogens with zero attached hydrogens (tertiary/aromatic N) is 8. The Bertz CT molecular complexity index is 4670. The average Bonchev–Trinajstić information content (AvgIpc) is 1.60. The van der Waals surface area contributed by atoms with E-state index in [2.05, 4.69) is 53.9 Å². The van der Waals surface area contributed by atoms with Gasteiger partial charge in [0, 0.05) is 22.0 Å². The molecule has 35 heteroatoms. The van der Waals surface area contributed by atoms with Crippen LogP contribution in [-0.2, 0) is 55.4 Å². The molecule has 2 fully saturated rings. The van der Waals surface area contributed by atoms with Crippen LogP contribution in [-0.4, -0.2) is 165 Å². The summed E-state index contributed by atoms with van der Waals surface area (Å²) >= 11 is 6.19. The number of aliphatic hydroxyl groups excluding tert-OH is 1. The topological polar surface area (TPSA) is 375 Å². The van der Waals surface area contributed by atoms with Crippen molar-refractivity contribution in [3.63, 3.8) is 0 Å². The zero-order chi connectivity index (χ0) is 76.0. The van der Waals surface area contributed by atoms with Crippen LogP contribution in [0.5, 0.6) is 23.3 Å². The third kappa shape index (κ3) is 21.1. The van der Waals surface area contributed by atoms with Crippen molar-refractivity contribution in [2.45, 2.75) is 135 Å². The summed E-state index contributed by atoms with van der Waals surface area (Å²) in [5, 5.41) is 39.5. The fourth-order valence-corrected chi connectivity index (χ4v) is 14.6. The van der Waals surface area contributed by atoms with Gasteiger partial charge >= 0.3 is 49.6 Å². The molecule has 2 saturated heterocycles. The number of anilines is 2. The number of carbonyl (C=O) groups excluding carboxylic acids is 2. The number of imidazole rings is 2. The molecular weight excluding hydrogens is 1480 g/mol. The van der Waals surface area contributed by atoms with Gasteiger partial charge < -0.3 is 83.6 Å². The number of rotatable bonds is 25. The number of fused-ring (bicyclic) bond motifs is 4. The van der Waals surface area contributed by atoms with Crippen molar-refractivity contribution in [2.75, 3.05) is 38.9 Å². The number of halogens is 4. The molecule has 10 aromatic rings. The quantitative estimate of drug-likeness (QED) is 0.0122. The van der Waals surface area contributed by atoms with Crippen LogP contribution in [0, 0.1) is 18.8 Å². The molecule has 2 aliphatic heterocycles. The molecule has 0 bridgehead atoms. The third-order valence-corrected chi connectivity index (χ3v) is 19.9. The zero-order valence-electron chi connectivity index (χ0n) is 60.2. The van der Waals surface area contributed by atoms with E-state index in [0.29, 0.717) is 16.7 Å². The smallest absolute Gasteiger partial charge is 1.00 e. The predicted octanol–water partition coefficient (Wildman–Crippen LogP) is 8.68. The Kier molecular flexibility index (Phi) is 31.0. The first-order valence-corrected chi connectivity index (χ1v) is 37.5. The van der Waals surface area contributed by atoms with Gasteiger partial charge in [0.15, 0.2) is 47.1 Å². The molecule has 0 amide bonds. The molecule has 570 valence electrons. The Morgan fingerprint density at radius 3 is 1.44 bits per heavy atom. The molecule has 2 aliphatic rings. The number of nitrogens with one attached hydrogen (secondary N) is 2. The maximum absolute atomic E-state index is 16.0. The van der Waals surface area contributed by atoms with Crippen molar-refractivity contribution in [2.24, 2.45) is 11.8 Å². The minimum absolute atomic E-state index is 0. The van der Waals surface area contributed by atoms with E-state index in [1.807, 2.05) is 123 Å². The van der Waals surface area contributed by atoms with E-state index in [0.717, 1.165) is 33.7 Å². The molecule has 107 heavy (non-hydrogen) atoms. The van der Waals surface area contributed by atoms with Crippen LogP contribution in [0.2, 0.25) is 0 Å². The van der Waals surface area contributed by atoms with Crippen molar-refractivity contribution in [3.05, 3.63) is 176 Å². The molecule has 0 radical (unpaired) electrons. The van der Waals surface area contributed by atoms with Crippen LogP contribution >= 0.6 is 25.9 Å². The molecule has 9 N–H and O–H groups in total. The number of aromatic nitrogens is 8. The molecule has 6 heterocycles. The monoisotopic (exact) mass is 1570 g/mol. The first-order chi connectivity index (χ1) is 50.1. The second-order valence-electron chi connectivity index (χ2n) is 25.5. The second-order valence-corrected chi connectivity index (χ2v) is 29.9. The molecule has 0 aliphatic carbocycles. The van der Waals surface area contributed by atoms with Crippen molar-refractivity contribution >= 4 is 117 Å². The summed E-state index contributed by atoms with van der Waals surface area (Å²) in [6, 6.07) is 41.8. The third-order valence-electron chi connectivity index (χ3n) is 16.8. The minimum Gasteiger partial charge on any atom is -1.00 e. The van der Waals surface area contributed by atoms with Crippen molar-refractivity contribution in [1.29, 1.82) is 0 Å². The van der Waals surface area contributed by atoms with Crippen LogP contribution in [0.4, 0.5) is 20.7 Å². The molecule has 0 spiro atoms. The number of ether oxygens (including phenoxy) is 6. The summed E-state index contributed by atoms with van der Waals surface area (Å²) in [5.41, 5.74) is 9.98. The number of nitrogen functional groups attached to an aromatic ring is 2. The Hall–Kier alpha value is -7.97. The van der Waals surface area contributed by atoms with Crippen LogP contribution in [0.3, 0.4) is 0 Å². The first-order valence-electron chi connectivity index (χ1n) is 33.4. The molecule has 4 aromatic heterocycles. The normalized spacial score (nSPS) is 21.2. The summed E-state index contributed by atoms with van der Waals surface area (Å²) < 4.78 is 111. The van der Waals surface area contributed by atoms with Gasteiger partial charge in [-0.25, -0.2) is 33.0 Å². The molecule has 2 unspecified atom stereocenters. The van der Waals surface area contributed by atoms with Gasteiger partial charge in [0.2, 0.25) is 23.7 Å². The Morgan fingerprint density at radius 1 is 0.636 bits per heavy atom. The van der Waals surface area contributed by atoms with E-state index < -0.39 is 106 Å². The predicted molar refractivity (Wildman–Crippen MR) is 397 cm³/mol. The molecule has 6 aromatic carbocycles. The van der Waals surface area contributed by atoms with E-state index in [-0.39, 0.29) is 101 Å². The first kappa shape index (κ1) is 86.3. The fraction of sp³-hybridized carbons (Fsp3) is 0.375. The number of nitrogens with two attached hydrogens (primary N) is 2. The van der Waals surface area contributed by atoms with Gasteiger partial charge in [-0.3, -0.25) is 23.2 Å². The van der Waals surface area contributed by atoms with Gasteiger partial charge in [-0.2, -0.15) is 31.4 Å². The maximum atomic E-state index is 16.0. The average molecular weight is 1570 g/mol. The molecular formula is C72H86Cl2F2MgN12O16P2. The van der Waals surface area contributed by atoms with Crippen LogP contribution < -0.4 is 52.6 Å². The zero-order valence-corrected chi connectivity index (χ0v) is 64.9. The number of hydrogen-bond donors (Lipinski definition) is 7. The van der Waals surface area contributed by atoms with Gasteiger partial charge in [0.25, 0.3) is 0 Å². The number of methoxy groups -OCH3 is 2. The van der Waals surface area contributed by atoms with Gasteiger partial charge in [-0.1, -0.05) is 174 Å². The number of unbranched alkanes of at least 4 members (excludes halogenated alkanes) is 1. The second kappa shape index (κ2) is 38.4. The summed E-state index contributed by atoms with van der Waals surface area (Å²) in [6.07, 6.45) is -4.00. The van der Waals surface area contributed by atoms with Gasteiger partial charge in [-0.15, -0.1) is 0 Å². The minimum atomic E-state index is -4.51. The van der Waals surface area contributed by atoms with Crippen LogP contribution in [0.25, 0.3) is 43.9 Å². The number of carbonyl (C=O) groups is 2. The van der Waals surface area contributed by atoms with Gasteiger partial charge in [0.1, 0.15) is 60.2 Å². The number of aliphatic hydroxyl groups is 3. The SMILES string of the molecule is CC(C)[C@H](NP(=O)(Cl)Oc1cccc2ccccc12)C(=O)OCc1ccccc1.COc1nc(N)nc2c1ncn2[C@@H]1O[C@H](CO)[C@H](F)[C@@]1(C)O.COc1nc(N)nc2c1ncn2[C@@H]1O[C@H](COP(=O)(N[C@H](C(=O)OCc2ccccc2)C(C)C)Oc2cccc3ccccc23)[C@H](F)[C@@]1(C)O.[CH2-]CCC.[Cl-].[Mg+2]. The van der Waals surface area contributed by atoms with Gasteiger partial charge in [-0.05, 0) is 59.7 Å². The number of hydrogen-bond acceptors (Lipinski definition) is 24. The Labute approximate surface area is 644 Å². The molecule has 12 atom stereocenters. The molecule has 0 saturated carbocycles. The molecule has 12 rings (SSSR count). The molecule has 28 nitrogen and oxygen atoms in total. The van der Waals surface area contributed by atoms with Crippen LogP contribution in [0.15, 0.2) is 158 Å². The maximum Gasteiger partial charge on any atom is 2.00 e. The van der Waals surface area contributed by atoms with E-state index in [1.54, 1.807) is 50.2 Å². The number of benzene rings is 6. The van der Waals surface area contributed by atoms with Gasteiger partial charge in [0.05, 0.1) is 40.1 Å². The van der Waals surface area contributed by atoms with Crippen molar-refractivity contribution < 1.29 is 97.2 Å². The standard InChI is InChI=1S/C34H38FN6O8P.C22H23ClNO4P.C12H16FN5O4.C4H9.ClH.Mg/c1-20(2)26(31(42)46-17-21-11-6-5-7-12-21)40-50(44,49-24-16-10-14-22-13-8-9-15-23(22)24)47-18-25-28(35)34(3,43)32(48-25)41-19-37-27-29(41)38-33(36)39-30(27)45-4;1-16(2)21(22(25)27-15-17-9-4-3-5-10-17)24-29(23,26)28-20-14-8-12-18-11-6-7-13-19(18)20;1-12(20)7(13)5(3-19)22-10(12)18-4-15-6-8(18)16-11(14)17-9(6)21-2;1-3-4-2;;/h5-16,19-20,25-26,28,32,43H,17-18H2,1-4H3,(H,40,44)(H2,36,38,39);3-14,16,21H,15H2,1-2H3,(H,24,26);4-5,7,10,19-20H,3H2,1-2H3,(H2,14,16,17);1,3-4H2,2H3;1H;/q;;;-1;;+2/p-1/t25-,26+,28+,32-,34-,50?;21-,29?;5-,7+,10-,12-;;;/m101.../s1. The summed E-state index contributed by atoms with van der Waals surface area (Å²) in [5.74, 6) is -1.24. The van der Waals surface area contributed by atoms with Crippen molar-refractivity contribution in [3.8, 4) is 23.3 Å².